The van der Waals surface area contributed by atoms with E-state index in [2.05, 4.69) is 84.4 Å². The first-order chi connectivity index (χ1) is 12.8. The molecule has 0 amide bonds. The Kier molecular flexibility index (Phi) is 9.78. The zero-order valence-corrected chi connectivity index (χ0v) is 20.2. The summed E-state index contributed by atoms with van der Waals surface area (Å²) in [6, 6.07) is 8.59. The van der Waals surface area contributed by atoms with Crippen molar-refractivity contribution in [2.45, 2.75) is 46.6 Å². The predicted molar refractivity (Wildman–Crippen MR) is 128 cm³/mol. The first kappa shape index (κ1) is 24.3. The predicted octanol–water partition coefficient (Wildman–Crippen LogP) is 4.09. The number of aromatic nitrogens is 1. The number of nitrogens with zero attached hydrogens (tertiary/aromatic N) is 3. The average molecular weight is 499 g/mol. The van der Waals surface area contributed by atoms with Crippen LogP contribution in [0, 0.1) is 6.92 Å². The zero-order valence-electron chi connectivity index (χ0n) is 17.9. The van der Waals surface area contributed by atoms with Gasteiger partial charge in [-0.05, 0) is 31.5 Å². The van der Waals surface area contributed by atoms with Gasteiger partial charge in [-0.3, -0.25) is 4.99 Å². The number of guanidine groups is 1. The largest absolute Gasteiger partial charge is 0.443 e. The SMILES string of the molecule is CCN(CCNC(=NC)NCc1ncc(C(C)(C)C)o1)c1cccc(C)c1.I. The van der Waals surface area contributed by atoms with E-state index in [0.29, 0.717) is 12.4 Å². The fourth-order valence-electron chi connectivity index (χ4n) is 2.72. The Labute approximate surface area is 186 Å². The Morgan fingerprint density at radius 1 is 1.25 bits per heavy atom. The summed E-state index contributed by atoms with van der Waals surface area (Å²) in [6.45, 7) is 13.8. The number of likely N-dealkylation sites (N-methyl/N-ethyl adjacent to an activating group) is 1. The van der Waals surface area contributed by atoms with Crippen molar-refractivity contribution >= 4 is 35.6 Å². The third-order valence-electron chi connectivity index (χ3n) is 4.35. The standard InChI is InChI=1S/C21H33N5O.HI/c1-7-26(17-10-8-9-16(2)13-17)12-11-23-20(22-6)25-15-19-24-14-18(27-19)21(3,4)5;/h8-10,13-14H,7,11-12,15H2,1-6H3,(H2,22,23,25);1H. The summed E-state index contributed by atoms with van der Waals surface area (Å²) < 4.78 is 5.81. The number of hydrogen-bond donors (Lipinski definition) is 2. The van der Waals surface area contributed by atoms with Crippen molar-refractivity contribution in [2.24, 2.45) is 4.99 Å². The van der Waals surface area contributed by atoms with Gasteiger partial charge < -0.3 is 20.0 Å². The van der Waals surface area contributed by atoms with Gasteiger partial charge in [0.25, 0.3) is 0 Å². The van der Waals surface area contributed by atoms with E-state index in [0.717, 1.165) is 31.4 Å². The molecule has 28 heavy (non-hydrogen) atoms. The van der Waals surface area contributed by atoms with Crippen molar-refractivity contribution in [3.8, 4) is 0 Å². The van der Waals surface area contributed by atoms with Crippen molar-refractivity contribution in [2.75, 3.05) is 31.6 Å². The highest BCUT2D eigenvalue weighted by atomic mass is 127. The van der Waals surface area contributed by atoms with Crippen molar-refractivity contribution in [1.29, 1.82) is 0 Å². The maximum absolute atomic E-state index is 5.81. The lowest BCUT2D eigenvalue weighted by Gasteiger charge is -2.24. The van der Waals surface area contributed by atoms with E-state index in [9.17, 15) is 0 Å². The van der Waals surface area contributed by atoms with Crippen LogP contribution in [0.3, 0.4) is 0 Å². The number of aliphatic imine (C=N–C) groups is 1. The quantitative estimate of drug-likeness (QED) is 0.342. The fraction of sp³-hybridized carbons (Fsp3) is 0.524. The summed E-state index contributed by atoms with van der Waals surface area (Å²) in [6.07, 6.45) is 1.80. The molecule has 2 rings (SSSR count). The van der Waals surface area contributed by atoms with E-state index in [1.165, 1.54) is 11.3 Å². The van der Waals surface area contributed by atoms with Gasteiger partial charge in [-0.1, -0.05) is 32.9 Å². The van der Waals surface area contributed by atoms with E-state index in [4.69, 9.17) is 4.42 Å². The van der Waals surface area contributed by atoms with E-state index < -0.39 is 0 Å². The van der Waals surface area contributed by atoms with Gasteiger partial charge in [0.05, 0.1) is 12.7 Å². The number of nitrogens with one attached hydrogen (secondary N) is 2. The number of aryl methyl sites for hydroxylation is 1. The maximum Gasteiger partial charge on any atom is 0.213 e. The molecule has 156 valence electrons. The number of anilines is 1. The molecular formula is C21H34IN5O. The minimum Gasteiger partial charge on any atom is -0.443 e. The van der Waals surface area contributed by atoms with Gasteiger partial charge in [-0.25, -0.2) is 4.98 Å². The van der Waals surface area contributed by atoms with E-state index in [-0.39, 0.29) is 29.4 Å². The molecule has 2 aromatic rings. The van der Waals surface area contributed by atoms with Gasteiger partial charge in [0.15, 0.2) is 5.96 Å². The number of halogens is 1. The van der Waals surface area contributed by atoms with Crippen LogP contribution in [0.1, 0.15) is 44.9 Å². The molecule has 2 N–H and O–H groups in total. The summed E-state index contributed by atoms with van der Waals surface area (Å²) in [7, 11) is 1.77. The molecule has 7 heteroatoms. The highest BCUT2D eigenvalue weighted by molar-refractivity contribution is 14.0. The van der Waals surface area contributed by atoms with Crippen molar-refractivity contribution in [1.82, 2.24) is 15.6 Å². The highest BCUT2D eigenvalue weighted by Crippen LogP contribution is 2.22. The second-order valence-electron chi connectivity index (χ2n) is 7.64. The van der Waals surface area contributed by atoms with Gasteiger partial charge in [0, 0.05) is 37.8 Å². The second kappa shape index (κ2) is 11.3. The molecule has 0 saturated heterocycles. The first-order valence-electron chi connectivity index (χ1n) is 9.54. The van der Waals surface area contributed by atoms with E-state index in [1.807, 2.05) is 0 Å². The second-order valence-corrected chi connectivity index (χ2v) is 7.64. The molecular weight excluding hydrogens is 465 g/mol. The lowest BCUT2D eigenvalue weighted by molar-refractivity contribution is 0.379. The Morgan fingerprint density at radius 3 is 2.57 bits per heavy atom. The molecule has 0 saturated carbocycles. The van der Waals surface area contributed by atoms with Gasteiger partial charge in [-0.15, -0.1) is 24.0 Å². The molecule has 1 aromatic carbocycles. The molecule has 0 fully saturated rings. The Hall–Kier alpha value is -1.77. The number of oxazole rings is 1. The minimum absolute atomic E-state index is 0. The molecule has 0 aliphatic heterocycles. The third-order valence-corrected chi connectivity index (χ3v) is 4.35. The zero-order chi connectivity index (χ0) is 19.9. The van der Waals surface area contributed by atoms with Crippen LogP contribution in [0.2, 0.25) is 0 Å². The van der Waals surface area contributed by atoms with Crippen LogP contribution in [0.4, 0.5) is 5.69 Å². The minimum atomic E-state index is -0.0371. The van der Waals surface area contributed by atoms with Gasteiger partial charge in [0.2, 0.25) is 5.89 Å². The van der Waals surface area contributed by atoms with Crippen LogP contribution < -0.4 is 15.5 Å². The fourth-order valence-corrected chi connectivity index (χ4v) is 2.72. The monoisotopic (exact) mass is 499 g/mol. The molecule has 0 aliphatic rings. The van der Waals surface area contributed by atoms with Crippen molar-refractivity contribution in [3.63, 3.8) is 0 Å². The average Bonchev–Trinajstić information content (AvgIpc) is 3.10. The summed E-state index contributed by atoms with van der Waals surface area (Å²) in [5.74, 6) is 2.29. The lowest BCUT2D eigenvalue weighted by atomic mass is 9.94. The summed E-state index contributed by atoms with van der Waals surface area (Å²) in [5.41, 5.74) is 2.48. The molecule has 0 bridgehead atoms. The lowest BCUT2D eigenvalue weighted by Crippen LogP contribution is -2.41. The summed E-state index contributed by atoms with van der Waals surface area (Å²) in [4.78, 5) is 11.0. The smallest absolute Gasteiger partial charge is 0.213 e. The molecule has 0 atom stereocenters. The molecule has 1 aromatic heterocycles. The third kappa shape index (κ3) is 7.33. The Morgan fingerprint density at radius 2 is 2.00 bits per heavy atom. The normalized spacial score (nSPS) is 11.7. The number of hydrogen-bond acceptors (Lipinski definition) is 4. The van der Waals surface area contributed by atoms with Crippen molar-refractivity contribution < 1.29 is 4.42 Å². The summed E-state index contributed by atoms with van der Waals surface area (Å²) >= 11 is 0. The van der Waals surface area contributed by atoms with Crippen LogP contribution >= 0.6 is 24.0 Å². The van der Waals surface area contributed by atoms with Crippen LogP contribution in [0.25, 0.3) is 0 Å². The molecule has 0 aliphatic carbocycles. The number of rotatable bonds is 7. The van der Waals surface area contributed by atoms with Gasteiger partial charge in [0.1, 0.15) is 5.76 Å². The molecule has 0 unspecified atom stereocenters. The van der Waals surface area contributed by atoms with Crippen LogP contribution in [-0.2, 0) is 12.0 Å². The Balaban J connectivity index is 0.00000392. The molecule has 0 spiro atoms. The van der Waals surface area contributed by atoms with E-state index in [1.54, 1.807) is 13.2 Å². The van der Waals surface area contributed by atoms with E-state index >= 15 is 0 Å². The Bertz CT molecular complexity index is 751. The van der Waals surface area contributed by atoms with Gasteiger partial charge in [-0.2, -0.15) is 0 Å². The highest BCUT2D eigenvalue weighted by Gasteiger charge is 2.19. The van der Waals surface area contributed by atoms with Crippen LogP contribution in [-0.4, -0.2) is 37.6 Å². The van der Waals surface area contributed by atoms with Gasteiger partial charge >= 0.3 is 0 Å². The molecule has 1 heterocycles. The molecule has 0 radical (unpaired) electrons. The molecule has 6 nitrogen and oxygen atoms in total. The van der Waals surface area contributed by atoms with Crippen LogP contribution in [0.15, 0.2) is 39.9 Å². The topological polar surface area (TPSA) is 65.7 Å². The maximum atomic E-state index is 5.81. The summed E-state index contributed by atoms with van der Waals surface area (Å²) in [5, 5.41) is 6.61. The number of benzene rings is 1. The van der Waals surface area contributed by atoms with Crippen LogP contribution in [0.5, 0.6) is 0 Å². The first-order valence-corrected chi connectivity index (χ1v) is 9.54. The van der Waals surface area contributed by atoms with Crippen molar-refractivity contribution in [3.05, 3.63) is 47.7 Å².